The molecule has 0 amide bonds. The van der Waals surface area contributed by atoms with Crippen LogP contribution < -0.4 is 5.32 Å². The highest BCUT2D eigenvalue weighted by atomic mass is 35.5. The van der Waals surface area contributed by atoms with Gasteiger partial charge in [0.15, 0.2) is 0 Å². The van der Waals surface area contributed by atoms with Gasteiger partial charge in [0.1, 0.15) is 0 Å². The average molecular weight is 308 g/mol. The Labute approximate surface area is 130 Å². The molecular weight excluding hydrogens is 286 g/mol. The van der Waals surface area contributed by atoms with Gasteiger partial charge in [-0.05, 0) is 31.0 Å². The Kier molecular flexibility index (Phi) is 6.23. The van der Waals surface area contributed by atoms with E-state index in [1.165, 1.54) is 0 Å². The Balaban J connectivity index is 1.98. The summed E-state index contributed by atoms with van der Waals surface area (Å²) >= 11 is 6.04. The number of rotatable bonds is 8. The van der Waals surface area contributed by atoms with Gasteiger partial charge in [-0.15, -0.1) is 0 Å². The van der Waals surface area contributed by atoms with E-state index in [9.17, 15) is 0 Å². The number of aromatic amines is 1. The normalized spacial score (nSPS) is 12.5. The summed E-state index contributed by atoms with van der Waals surface area (Å²) in [5.74, 6) is 0.511. The molecule has 114 valence electrons. The first-order chi connectivity index (χ1) is 10.2. The molecule has 5 heteroatoms. The van der Waals surface area contributed by atoms with E-state index in [1.807, 2.05) is 30.5 Å². The molecule has 21 heavy (non-hydrogen) atoms. The van der Waals surface area contributed by atoms with Crippen molar-refractivity contribution in [2.24, 2.45) is 5.92 Å². The Morgan fingerprint density at radius 3 is 3.00 bits per heavy atom. The van der Waals surface area contributed by atoms with E-state index in [1.54, 1.807) is 0 Å². The van der Waals surface area contributed by atoms with Crippen molar-refractivity contribution in [3.05, 3.63) is 41.0 Å². The summed E-state index contributed by atoms with van der Waals surface area (Å²) in [6.07, 6.45) is 3.76. The molecule has 0 saturated carbocycles. The topological polar surface area (TPSA) is 60.9 Å². The summed E-state index contributed by atoms with van der Waals surface area (Å²) in [5.41, 5.74) is 3.16. The lowest BCUT2D eigenvalue weighted by molar-refractivity contribution is 0.251. The van der Waals surface area contributed by atoms with Crippen molar-refractivity contribution in [2.75, 3.05) is 13.2 Å². The molecule has 0 bridgehead atoms. The number of aliphatic hydroxyl groups is 1. The van der Waals surface area contributed by atoms with Crippen LogP contribution in [-0.4, -0.2) is 28.5 Å². The molecule has 0 aliphatic heterocycles. The third-order valence-electron chi connectivity index (χ3n) is 3.69. The van der Waals surface area contributed by atoms with Crippen LogP contribution in [0, 0.1) is 5.92 Å². The van der Waals surface area contributed by atoms with Gasteiger partial charge < -0.3 is 10.4 Å². The molecule has 1 aromatic heterocycles. The molecule has 2 aromatic rings. The molecule has 0 spiro atoms. The maximum Gasteiger partial charge on any atom is 0.0695 e. The van der Waals surface area contributed by atoms with Crippen molar-refractivity contribution in [1.29, 1.82) is 0 Å². The first-order valence-electron chi connectivity index (χ1n) is 7.34. The van der Waals surface area contributed by atoms with Gasteiger partial charge in [0.2, 0.25) is 0 Å². The van der Waals surface area contributed by atoms with Crippen LogP contribution in [0.5, 0.6) is 0 Å². The minimum absolute atomic E-state index is 0.250. The maximum atomic E-state index is 9.01. The Morgan fingerprint density at radius 2 is 2.29 bits per heavy atom. The van der Waals surface area contributed by atoms with Crippen LogP contribution in [0.25, 0.3) is 11.3 Å². The zero-order valence-electron chi connectivity index (χ0n) is 12.3. The lowest BCUT2D eigenvalue weighted by Gasteiger charge is -2.14. The van der Waals surface area contributed by atoms with Crippen LogP contribution in [0.1, 0.15) is 25.3 Å². The summed E-state index contributed by atoms with van der Waals surface area (Å²) in [7, 11) is 0. The quantitative estimate of drug-likeness (QED) is 0.701. The number of nitrogens with one attached hydrogen (secondary N) is 2. The van der Waals surface area contributed by atoms with E-state index < -0.39 is 0 Å². The van der Waals surface area contributed by atoms with Gasteiger partial charge in [0.05, 0.1) is 11.9 Å². The van der Waals surface area contributed by atoms with Gasteiger partial charge in [0.25, 0.3) is 0 Å². The summed E-state index contributed by atoms with van der Waals surface area (Å²) in [6, 6.07) is 7.74. The molecular formula is C16H22ClN3O. The monoisotopic (exact) mass is 307 g/mol. The summed E-state index contributed by atoms with van der Waals surface area (Å²) < 4.78 is 0. The predicted octanol–water partition coefficient (Wildman–Crippen LogP) is 3.23. The van der Waals surface area contributed by atoms with E-state index in [0.29, 0.717) is 5.92 Å². The number of halogens is 1. The number of H-pyrrole nitrogens is 1. The van der Waals surface area contributed by atoms with E-state index >= 15 is 0 Å². The maximum absolute atomic E-state index is 9.01. The Morgan fingerprint density at radius 1 is 1.43 bits per heavy atom. The summed E-state index contributed by atoms with van der Waals surface area (Å²) in [5, 5.41) is 20.3. The predicted molar refractivity (Wildman–Crippen MR) is 86.2 cm³/mol. The number of aromatic nitrogens is 2. The van der Waals surface area contributed by atoms with Crippen molar-refractivity contribution in [3.63, 3.8) is 0 Å². The zero-order valence-corrected chi connectivity index (χ0v) is 13.0. The van der Waals surface area contributed by atoms with Crippen LogP contribution in [-0.2, 0) is 6.54 Å². The first kappa shape index (κ1) is 16.0. The SMILES string of the molecule is CCC(CCO)CNCc1cn[nH]c1-c1cccc(Cl)c1. The number of hydrogen-bond acceptors (Lipinski definition) is 3. The van der Waals surface area contributed by atoms with E-state index in [4.69, 9.17) is 16.7 Å². The number of benzene rings is 1. The molecule has 3 N–H and O–H groups in total. The molecule has 1 unspecified atom stereocenters. The highest BCUT2D eigenvalue weighted by Crippen LogP contribution is 2.23. The van der Waals surface area contributed by atoms with E-state index in [0.717, 1.165) is 47.8 Å². The molecule has 1 heterocycles. The van der Waals surface area contributed by atoms with Crippen LogP contribution in [0.3, 0.4) is 0 Å². The van der Waals surface area contributed by atoms with E-state index in [-0.39, 0.29) is 6.61 Å². The summed E-state index contributed by atoms with van der Waals surface area (Å²) in [4.78, 5) is 0. The Bertz CT molecular complexity index is 556. The van der Waals surface area contributed by atoms with Crippen LogP contribution in [0.15, 0.2) is 30.5 Å². The van der Waals surface area contributed by atoms with Gasteiger partial charge in [-0.2, -0.15) is 5.10 Å². The second-order valence-electron chi connectivity index (χ2n) is 5.20. The second kappa shape index (κ2) is 8.17. The fourth-order valence-corrected chi connectivity index (χ4v) is 2.57. The van der Waals surface area contributed by atoms with Gasteiger partial charge in [0, 0.05) is 29.3 Å². The van der Waals surface area contributed by atoms with Crippen LogP contribution in [0.2, 0.25) is 5.02 Å². The van der Waals surface area contributed by atoms with Crippen LogP contribution >= 0.6 is 11.6 Å². The third-order valence-corrected chi connectivity index (χ3v) is 3.93. The highest BCUT2D eigenvalue weighted by Gasteiger charge is 2.09. The largest absolute Gasteiger partial charge is 0.396 e. The van der Waals surface area contributed by atoms with E-state index in [2.05, 4.69) is 22.4 Å². The number of aliphatic hydroxyl groups excluding tert-OH is 1. The molecule has 4 nitrogen and oxygen atoms in total. The fourth-order valence-electron chi connectivity index (χ4n) is 2.38. The van der Waals surface area contributed by atoms with Gasteiger partial charge in [-0.3, -0.25) is 5.10 Å². The van der Waals surface area contributed by atoms with Crippen molar-refractivity contribution >= 4 is 11.6 Å². The minimum Gasteiger partial charge on any atom is -0.396 e. The summed E-state index contributed by atoms with van der Waals surface area (Å²) in [6.45, 7) is 4.05. The molecule has 1 aromatic carbocycles. The minimum atomic E-state index is 0.250. The smallest absolute Gasteiger partial charge is 0.0695 e. The molecule has 2 rings (SSSR count). The van der Waals surface area contributed by atoms with Crippen molar-refractivity contribution < 1.29 is 5.11 Å². The average Bonchev–Trinajstić information content (AvgIpc) is 2.95. The van der Waals surface area contributed by atoms with Crippen molar-refractivity contribution in [3.8, 4) is 11.3 Å². The molecule has 1 atom stereocenters. The molecule has 0 radical (unpaired) electrons. The third kappa shape index (κ3) is 4.56. The highest BCUT2D eigenvalue weighted by molar-refractivity contribution is 6.30. The van der Waals surface area contributed by atoms with Gasteiger partial charge in [-0.1, -0.05) is 37.1 Å². The van der Waals surface area contributed by atoms with Crippen molar-refractivity contribution in [2.45, 2.75) is 26.3 Å². The lowest BCUT2D eigenvalue weighted by atomic mass is 10.0. The molecule has 0 saturated heterocycles. The Hall–Kier alpha value is -1.36. The molecule has 0 aliphatic carbocycles. The fraction of sp³-hybridized carbons (Fsp3) is 0.438. The lowest BCUT2D eigenvalue weighted by Crippen LogP contribution is -2.23. The standard InChI is InChI=1S/C16H22ClN3O/c1-2-12(6-7-21)9-18-10-14-11-19-20-16(14)13-4-3-5-15(17)8-13/h3-5,8,11-12,18,21H,2,6-7,9-10H2,1H3,(H,19,20). The van der Waals surface area contributed by atoms with Gasteiger partial charge in [-0.25, -0.2) is 0 Å². The van der Waals surface area contributed by atoms with Gasteiger partial charge >= 0.3 is 0 Å². The molecule has 0 aliphatic rings. The number of hydrogen-bond donors (Lipinski definition) is 3. The second-order valence-corrected chi connectivity index (χ2v) is 5.63. The van der Waals surface area contributed by atoms with Crippen molar-refractivity contribution in [1.82, 2.24) is 15.5 Å². The van der Waals surface area contributed by atoms with Crippen LogP contribution in [0.4, 0.5) is 0 Å². The zero-order chi connectivity index (χ0) is 15.1. The molecule has 0 fully saturated rings. The first-order valence-corrected chi connectivity index (χ1v) is 7.72. The number of nitrogens with zero attached hydrogens (tertiary/aromatic N) is 1.